The number of likely N-dealkylation sites (tertiary alicyclic amines) is 1. The number of benzene rings is 1. The first-order chi connectivity index (χ1) is 12.2. The Bertz CT molecular complexity index is 861. The van der Waals surface area contributed by atoms with Crippen LogP contribution in [0.4, 0.5) is 0 Å². The molecular weight excluding hydrogens is 358 g/mol. The number of aromatic nitrogens is 2. The molecule has 3 aromatic rings. The zero-order valence-electron chi connectivity index (χ0n) is 13.4. The molecule has 4 rings (SSSR count). The molecule has 1 aliphatic rings. The number of thiophene rings is 1. The van der Waals surface area contributed by atoms with Crippen LogP contribution in [0.3, 0.4) is 0 Å². The van der Waals surface area contributed by atoms with Crippen molar-refractivity contribution >= 4 is 28.8 Å². The van der Waals surface area contributed by atoms with Crippen molar-refractivity contribution < 1.29 is 9.32 Å². The summed E-state index contributed by atoms with van der Waals surface area (Å²) < 4.78 is 5.41. The van der Waals surface area contributed by atoms with E-state index in [2.05, 4.69) is 21.6 Å². The van der Waals surface area contributed by atoms with Crippen molar-refractivity contribution in [1.29, 1.82) is 0 Å². The van der Waals surface area contributed by atoms with Gasteiger partial charge >= 0.3 is 0 Å². The molecule has 128 valence electrons. The Morgan fingerprint density at radius 1 is 1.28 bits per heavy atom. The molecule has 1 amide bonds. The molecule has 5 nitrogen and oxygen atoms in total. The zero-order chi connectivity index (χ0) is 17.2. The van der Waals surface area contributed by atoms with E-state index < -0.39 is 0 Å². The number of amides is 1. The van der Waals surface area contributed by atoms with Gasteiger partial charge in [0.25, 0.3) is 0 Å². The van der Waals surface area contributed by atoms with Gasteiger partial charge in [-0.3, -0.25) is 4.79 Å². The molecule has 2 aromatic heterocycles. The molecule has 1 aliphatic heterocycles. The van der Waals surface area contributed by atoms with E-state index in [1.165, 1.54) is 4.88 Å². The first-order valence-corrected chi connectivity index (χ1v) is 9.34. The fraction of sp³-hybridized carbons (Fsp3) is 0.278. The molecule has 0 spiro atoms. The maximum atomic E-state index is 12.3. The number of carbonyl (C=O) groups is 1. The van der Waals surface area contributed by atoms with Gasteiger partial charge in [0.15, 0.2) is 0 Å². The number of rotatable bonds is 5. The third kappa shape index (κ3) is 3.60. The van der Waals surface area contributed by atoms with E-state index >= 15 is 0 Å². The van der Waals surface area contributed by atoms with E-state index in [4.69, 9.17) is 16.1 Å². The van der Waals surface area contributed by atoms with Crippen LogP contribution in [0.5, 0.6) is 0 Å². The average molecular weight is 374 g/mol. The third-order valence-electron chi connectivity index (χ3n) is 4.32. The Hall–Kier alpha value is -2.18. The lowest BCUT2D eigenvalue weighted by Crippen LogP contribution is -2.27. The van der Waals surface area contributed by atoms with E-state index in [9.17, 15) is 4.79 Å². The van der Waals surface area contributed by atoms with Gasteiger partial charge in [-0.15, -0.1) is 11.3 Å². The van der Waals surface area contributed by atoms with Crippen LogP contribution in [0.1, 0.15) is 23.1 Å². The second kappa shape index (κ2) is 6.98. The Balaban J connectivity index is 1.42. The van der Waals surface area contributed by atoms with Crippen LogP contribution in [0, 0.1) is 0 Å². The summed E-state index contributed by atoms with van der Waals surface area (Å²) in [4.78, 5) is 19.9. The lowest BCUT2D eigenvalue weighted by Gasteiger charge is -2.15. The highest BCUT2D eigenvalue weighted by atomic mass is 35.5. The molecule has 0 bridgehead atoms. The predicted molar refractivity (Wildman–Crippen MR) is 96.7 cm³/mol. The second-order valence-electron chi connectivity index (χ2n) is 6.03. The number of halogens is 1. The standard InChI is InChI=1S/C18H16ClN3O2S/c19-14-5-3-12(4-6-14)17-20-18(24-21-17)13-10-16(23)22(11-13)8-7-15-2-1-9-25-15/h1-6,9,13H,7-8,10-11H2. The number of hydrogen-bond donors (Lipinski definition) is 0. The van der Waals surface area contributed by atoms with Gasteiger partial charge in [-0.05, 0) is 42.1 Å². The highest BCUT2D eigenvalue weighted by Crippen LogP contribution is 2.29. The van der Waals surface area contributed by atoms with Gasteiger partial charge < -0.3 is 9.42 Å². The molecule has 1 fully saturated rings. The van der Waals surface area contributed by atoms with Gasteiger partial charge in [0.05, 0.1) is 5.92 Å². The highest BCUT2D eigenvalue weighted by molar-refractivity contribution is 7.09. The molecule has 1 unspecified atom stereocenters. The molecule has 1 saturated heterocycles. The Morgan fingerprint density at radius 2 is 2.12 bits per heavy atom. The van der Waals surface area contributed by atoms with Crippen molar-refractivity contribution in [3.63, 3.8) is 0 Å². The topological polar surface area (TPSA) is 59.2 Å². The first kappa shape index (κ1) is 16.3. The molecule has 7 heteroatoms. The van der Waals surface area contributed by atoms with Gasteiger partial charge in [0.2, 0.25) is 17.6 Å². The van der Waals surface area contributed by atoms with Crippen molar-refractivity contribution in [1.82, 2.24) is 15.0 Å². The fourth-order valence-corrected chi connectivity index (χ4v) is 3.80. The van der Waals surface area contributed by atoms with Crippen molar-refractivity contribution in [2.24, 2.45) is 0 Å². The summed E-state index contributed by atoms with van der Waals surface area (Å²) in [6.07, 6.45) is 1.31. The van der Waals surface area contributed by atoms with Gasteiger partial charge in [0.1, 0.15) is 0 Å². The maximum absolute atomic E-state index is 12.3. The first-order valence-electron chi connectivity index (χ1n) is 8.09. The van der Waals surface area contributed by atoms with Crippen molar-refractivity contribution in [3.05, 3.63) is 57.6 Å². The van der Waals surface area contributed by atoms with Crippen molar-refractivity contribution in [3.8, 4) is 11.4 Å². The number of nitrogens with zero attached hydrogens (tertiary/aromatic N) is 3. The summed E-state index contributed by atoms with van der Waals surface area (Å²) in [5.74, 6) is 1.16. The van der Waals surface area contributed by atoms with Gasteiger partial charge in [-0.1, -0.05) is 22.8 Å². The largest absolute Gasteiger partial charge is 0.342 e. The summed E-state index contributed by atoms with van der Waals surface area (Å²) in [6, 6.07) is 11.4. The Morgan fingerprint density at radius 3 is 2.88 bits per heavy atom. The summed E-state index contributed by atoms with van der Waals surface area (Å²) in [7, 11) is 0. The van der Waals surface area contributed by atoms with Crippen LogP contribution in [-0.2, 0) is 11.2 Å². The zero-order valence-corrected chi connectivity index (χ0v) is 15.0. The molecule has 3 heterocycles. The minimum absolute atomic E-state index is 0.0376. The van der Waals surface area contributed by atoms with E-state index in [1.54, 1.807) is 23.5 Å². The monoisotopic (exact) mass is 373 g/mol. The van der Waals surface area contributed by atoms with Gasteiger partial charge in [0, 0.05) is 35.0 Å². The fourth-order valence-electron chi connectivity index (χ4n) is 2.97. The number of carbonyl (C=O) groups excluding carboxylic acids is 1. The summed E-state index contributed by atoms with van der Waals surface area (Å²) in [5.41, 5.74) is 0.846. The minimum atomic E-state index is -0.0376. The van der Waals surface area contributed by atoms with Crippen LogP contribution < -0.4 is 0 Å². The van der Waals surface area contributed by atoms with Crippen LogP contribution in [0.2, 0.25) is 5.02 Å². The lowest BCUT2D eigenvalue weighted by molar-refractivity contribution is -0.127. The third-order valence-corrected chi connectivity index (χ3v) is 5.50. The van der Waals surface area contributed by atoms with Crippen LogP contribution in [0.15, 0.2) is 46.3 Å². The lowest BCUT2D eigenvalue weighted by atomic mass is 10.1. The SMILES string of the molecule is O=C1CC(c2nc(-c3ccc(Cl)cc3)no2)CN1CCc1cccs1. The summed E-state index contributed by atoms with van der Waals surface area (Å²) in [6.45, 7) is 1.36. The maximum Gasteiger partial charge on any atom is 0.232 e. The van der Waals surface area contributed by atoms with Gasteiger partial charge in [-0.25, -0.2) is 0 Å². The molecule has 1 atom stereocenters. The van der Waals surface area contributed by atoms with Crippen LogP contribution in [0.25, 0.3) is 11.4 Å². The van der Waals surface area contributed by atoms with Crippen molar-refractivity contribution in [2.45, 2.75) is 18.8 Å². The molecule has 0 radical (unpaired) electrons. The summed E-state index contributed by atoms with van der Waals surface area (Å²) >= 11 is 7.62. The molecule has 1 aromatic carbocycles. The van der Waals surface area contributed by atoms with E-state index in [1.807, 2.05) is 23.1 Å². The highest BCUT2D eigenvalue weighted by Gasteiger charge is 2.34. The summed E-state index contributed by atoms with van der Waals surface area (Å²) in [5, 5.41) is 6.76. The van der Waals surface area contributed by atoms with Crippen LogP contribution in [-0.4, -0.2) is 34.0 Å². The van der Waals surface area contributed by atoms with Crippen LogP contribution >= 0.6 is 22.9 Å². The normalized spacial score (nSPS) is 17.4. The van der Waals surface area contributed by atoms with E-state index in [0.717, 1.165) is 18.5 Å². The minimum Gasteiger partial charge on any atom is -0.342 e. The van der Waals surface area contributed by atoms with Gasteiger partial charge in [-0.2, -0.15) is 4.98 Å². The quantitative estimate of drug-likeness (QED) is 0.678. The Kier molecular flexibility index (Phi) is 4.55. The molecular formula is C18H16ClN3O2S. The molecule has 25 heavy (non-hydrogen) atoms. The smallest absolute Gasteiger partial charge is 0.232 e. The predicted octanol–water partition coefficient (Wildman–Crippen LogP) is 4.01. The molecule has 0 N–H and O–H groups in total. The van der Waals surface area contributed by atoms with E-state index in [0.29, 0.717) is 29.7 Å². The Labute approximate surface area is 154 Å². The molecule has 0 aliphatic carbocycles. The van der Waals surface area contributed by atoms with E-state index in [-0.39, 0.29) is 11.8 Å². The molecule has 0 saturated carbocycles. The second-order valence-corrected chi connectivity index (χ2v) is 7.50. The number of hydrogen-bond acceptors (Lipinski definition) is 5. The average Bonchev–Trinajstić information content (AvgIpc) is 3.34. The van der Waals surface area contributed by atoms with Crippen molar-refractivity contribution in [2.75, 3.05) is 13.1 Å².